The quantitative estimate of drug-likeness (QED) is 0.606. The van der Waals surface area contributed by atoms with Gasteiger partial charge in [0.05, 0.1) is 7.11 Å². The zero-order valence-corrected chi connectivity index (χ0v) is 10.5. The van der Waals surface area contributed by atoms with Crippen molar-refractivity contribution in [2.75, 3.05) is 7.11 Å². The SMILES string of the molecule is COc1ccc(O[C@H]2C=C[C@@H](OC(C)=O)C2)cc1. The lowest BCUT2D eigenvalue weighted by Crippen LogP contribution is -2.18. The maximum Gasteiger partial charge on any atom is 0.303 e. The van der Waals surface area contributed by atoms with Gasteiger partial charge in [-0.15, -0.1) is 0 Å². The Balaban J connectivity index is 1.87. The molecule has 0 unspecified atom stereocenters. The molecule has 0 bridgehead atoms. The van der Waals surface area contributed by atoms with Crippen molar-refractivity contribution in [2.24, 2.45) is 0 Å². The van der Waals surface area contributed by atoms with Crippen LogP contribution in [0.3, 0.4) is 0 Å². The standard InChI is InChI=1S/C14H16O4/c1-10(15)17-13-7-8-14(9-13)18-12-5-3-11(16-2)4-6-12/h3-8,13-14H,9H2,1-2H3/t13-,14+/m1/s1. The smallest absolute Gasteiger partial charge is 0.303 e. The van der Waals surface area contributed by atoms with Gasteiger partial charge >= 0.3 is 5.97 Å². The van der Waals surface area contributed by atoms with Crippen LogP contribution >= 0.6 is 0 Å². The van der Waals surface area contributed by atoms with Crippen LogP contribution in [-0.2, 0) is 9.53 Å². The van der Waals surface area contributed by atoms with Gasteiger partial charge in [-0.25, -0.2) is 0 Å². The predicted octanol–water partition coefficient (Wildman–Crippen LogP) is 2.33. The minimum Gasteiger partial charge on any atom is -0.497 e. The van der Waals surface area contributed by atoms with Crippen molar-refractivity contribution in [3.05, 3.63) is 36.4 Å². The van der Waals surface area contributed by atoms with E-state index in [1.165, 1.54) is 6.92 Å². The first-order valence-electron chi connectivity index (χ1n) is 5.83. The molecule has 96 valence electrons. The summed E-state index contributed by atoms with van der Waals surface area (Å²) in [5.41, 5.74) is 0. The normalized spacial score (nSPS) is 21.7. The van der Waals surface area contributed by atoms with Gasteiger partial charge in [0, 0.05) is 13.3 Å². The van der Waals surface area contributed by atoms with E-state index in [2.05, 4.69) is 0 Å². The minimum atomic E-state index is -0.269. The van der Waals surface area contributed by atoms with Gasteiger partial charge in [-0.1, -0.05) is 0 Å². The van der Waals surface area contributed by atoms with Crippen LogP contribution in [0.1, 0.15) is 13.3 Å². The largest absolute Gasteiger partial charge is 0.497 e. The fourth-order valence-electron chi connectivity index (χ4n) is 1.85. The molecule has 1 aliphatic carbocycles. The van der Waals surface area contributed by atoms with E-state index < -0.39 is 0 Å². The molecule has 4 nitrogen and oxygen atoms in total. The summed E-state index contributed by atoms with van der Waals surface area (Å²) in [6.45, 7) is 1.41. The summed E-state index contributed by atoms with van der Waals surface area (Å²) in [7, 11) is 1.62. The Morgan fingerprint density at radius 2 is 1.72 bits per heavy atom. The van der Waals surface area contributed by atoms with Crippen LogP contribution in [0, 0.1) is 0 Å². The highest BCUT2D eigenvalue weighted by Gasteiger charge is 2.22. The van der Waals surface area contributed by atoms with Crippen molar-refractivity contribution < 1.29 is 19.0 Å². The molecule has 0 radical (unpaired) electrons. The Bertz CT molecular complexity index is 436. The molecule has 1 aliphatic rings. The van der Waals surface area contributed by atoms with Gasteiger partial charge in [0.2, 0.25) is 0 Å². The fourth-order valence-corrected chi connectivity index (χ4v) is 1.85. The summed E-state index contributed by atoms with van der Waals surface area (Å²) in [5, 5.41) is 0. The van der Waals surface area contributed by atoms with E-state index in [1.54, 1.807) is 7.11 Å². The van der Waals surface area contributed by atoms with Crippen LogP contribution in [0.4, 0.5) is 0 Å². The monoisotopic (exact) mass is 248 g/mol. The summed E-state index contributed by atoms with van der Waals surface area (Å²) in [6.07, 6.45) is 4.20. The topological polar surface area (TPSA) is 44.8 Å². The van der Waals surface area contributed by atoms with Gasteiger partial charge in [-0.3, -0.25) is 4.79 Å². The molecule has 0 fully saturated rings. The number of ether oxygens (including phenoxy) is 3. The second-order valence-corrected chi connectivity index (χ2v) is 4.10. The van der Waals surface area contributed by atoms with Crippen molar-refractivity contribution in [1.29, 1.82) is 0 Å². The summed E-state index contributed by atoms with van der Waals surface area (Å²) >= 11 is 0. The second-order valence-electron chi connectivity index (χ2n) is 4.10. The average molecular weight is 248 g/mol. The average Bonchev–Trinajstić information content (AvgIpc) is 2.76. The molecule has 0 saturated carbocycles. The zero-order chi connectivity index (χ0) is 13.0. The number of methoxy groups -OCH3 is 1. The van der Waals surface area contributed by atoms with Crippen LogP contribution in [0.5, 0.6) is 11.5 Å². The predicted molar refractivity (Wildman–Crippen MR) is 66.7 cm³/mol. The van der Waals surface area contributed by atoms with Crippen LogP contribution < -0.4 is 9.47 Å². The summed E-state index contributed by atoms with van der Waals surface area (Å²) in [5.74, 6) is 1.30. The van der Waals surface area contributed by atoms with Gasteiger partial charge in [0.1, 0.15) is 23.7 Å². The molecule has 0 spiro atoms. The fraction of sp³-hybridized carbons (Fsp3) is 0.357. The molecule has 0 amide bonds. The highest BCUT2D eigenvalue weighted by molar-refractivity contribution is 5.66. The number of hydrogen-bond acceptors (Lipinski definition) is 4. The lowest BCUT2D eigenvalue weighted by atomic mass is 10.2. The molecule has 0 heterocycles. The van der Waals surface area contributed by atoms with E-state index in [0.29, 0.717) is 6.42 Å². The highest BCUT2D eigenvalue weighted by Crippen LogP contribution is 2.23. The highest BCUT2D eigenvalue weighted by atomic mass is 16.5. The Kier molecular flexibility index (Phi) is 3.87. The van der Waals surface area contributed by atoms with Crippen molar-refractivity contribution in [3.63, 3.8) is 0 Å². The van der Waals surface area contributed by atoms with Gasteiger partial charge < -0.3 is 14.2 Å². The summed E-state index contributed by atoms with van der Waals surface area (Å²) < 4.78 is 15.9. The van der Waals surface area contributed by atoms with E-state index >= 15 is 0 Å². The van der Waals surface area contributed by atoms with Crippen molar-refractivity contribution in [2.45, 2.75) is 25.6 Å². The molecule has 1 aromatic carbocycles. The minimum absolute atomic E-state index is 0.0530. The summed E-state index contributed by atoms with van der Waals surface area (Å²) in [6, 6.07) is 7.40. The molecule has 0 aliphatic heterocycles. The lowest BCUT2D eigenvalue weighted by Gasteiger charge is -2.14. The van der Waals surface area contributed by atoms with Crippen molar-refractivity contribution in [1.82, 2.24) is 0 Å². The number of rotatable bonds is 4. The van der Waals surface area contributed by atoms with Crippen LogP contribution in [0.25, 0.3) is 0 Å². The molecular weight excluding hydrogens is 232 g/mol. The number of carbonyl (C=O) groups excluding carboxylic acids is 1. The molecule has 0 N–H and O–H groups in total. The molecule has 0 aromatic heterocycles. The molecule has 18 heavy (non-hydrogen) atoms. The molecule has 0 saturated heterocycles. The lowest BCUT2D eigenvalue weighted by molar-refractivity contribution is -0.144. The maximum atomic E-state index is 10.8. The first kappa shape index (κ1) is 12.5. The number of carbonyl (C=O) groups is 1. The third kappa shape index (κ3) is 3.26. The first-order chi connectivity index (χ1) is 8.67. The molecule has 4 heteroatoms. The van der Waals surface area contributed by atoms with Crippen molar-refractivity contribution in [3.8, 4) is 11.5 Å². The van der Waals surface area contributed by atoms with Crippen LogP contribution in [0.2, 0.25) is 0 Å². The molecule has 2 rings (SSSR count). The van der Waals surface area contributed by atoms with E-state index in [1.807, 2.05) is 36.4 Å². The van der Waals surface area contributed by atoms with Crippen molar-refractivity contribution >= 4 is 5.97 Å². The Morgan fingerprint density at radius 3 is 2.33 bits per heavy atom. The van der Waals surface area contributed by atoms with Gasteiger partial charge in [-0.2, -0.15) is 0 Å². The Morgan fingerprint density at radius 1 is 1.11 bits per heavy atom. The van der Waals surface area contributed by atoms with E-state index in [9.17, 15) is 4.79 Å². The number of benzene rings is 1. The zero-order valence-electron chi connectivity index (χ0n) is 10.5. The van der Waals surface area contributed by atoms with Gasteiger partial charge in [0.15, 0.2) is 0 Å². The third-order valence-corrected chi connectivity index (χ3v) is 2.67. The molecule has 2 atom stereocenters. The van der Waals surface area contributed by atoms with Gasteiger partial charge in [-0.05, 0) is 36.4 Å². The first-order valence-corrected chi connectivity index (χ1v) is 5.83. The van der Waals surface area contributed by atoms with E-state index in [0.717, 1.165) is 11.5 Å². The molecule has 1 aromatic rings. The second kappa shape index (κ2) is 5.58. The summed E-state index contributed by atoms with van der Waals surface area (Å²) in [4.78, 5) is 10.8. The molecular formula is C14H16O4. The van der Waals surface area contributed by atoms with Crippen LogP contribution in [-0.4, -0.2) is 25.3 Å². The third-order valence-electron chi connectivity index (χ3n) is 2.67. The number of esters is 1. The maximum absolute atomic E-state index is 10.8. The van der Waals surface area contributed by atoms with E-state index in [-0.39, 0.29) is 18.2 Å². The Hall–Kier alpha value is -1.97. The van der Waals surface area contributed by atoms with Crippen LogP contribution in [0.15, 0.2) is 36.4 Å². The Labute approximate surface area is 106 Å². The number of hydrogen-bond donors (Lipinski definition) is 0. The van der Waals surface area contributed by atoms with E-state index in [4.69, 9.17) is 14.2 Å². The van der Waals surface area contributed by atoms with Gasteiger partial charge in [0.25, 0.3) is 0 Å².